The molecule has 0 bridgehead atoms. The summed E-state index contributed by atoms with van der Waals surface area (Å²) >= 11 is 0. The van der Waals surface area contributed by atoms with Crippen LogP contribution in [0.4, 0.5) is 8.78 Å². The van der Waals surface area contributed by atoms with Gasteiger partial charge < -0.3 is 4.57 Å². The van der Waals surface area contributed by atoms with Gasteiger partial charge in [-0.05, 0) is 41.5 Å². The molecule has 34 heavy (non-hydrogen) atoms. The molecule has 4 aromatic rings. The van der Waals surface area contributed by atoms with Gasteiger partial charge in [0.15, 0.2) is 0 Å². The third-order valence-electron chi connectivity index (χ3n) is 5.43. The Morgan fingerprint density at radius 2 is 1.59 bits per heavy atom. The van der Waals surface area contributed by atoms with Gasteiger partial charge in [0.2, 0.25) is 0 Å². The first-order valence-corrected chi connectivity index (χ1v) is 10.6. The average Bonchev–Trinajstić information content (AvgIpc) is 3.28. The third kappa shape index (κ3) is 5.72. The summed E-state index contributed by atoms with van der Waals surface area (Å²) in [7, 11) is 0. The van der Waals surface area contributed by atoms with E-state index in [0.717, 1.165) is 22.8 Å². The molecule has 168 valence electrons. The zero-order valence-corrected chi connectivity index (χ0v) is 18.3. The van der Waals surface area contributed by atoms with Gasteiger partial charge in [-0.15, -0.1) is 16.6 Å². The summed E-state index contributed by atoms with van der Waals surface area (Å²) in [5, 5.41) is 17.3. The lowest BCUT2D eigenvalue weighted by Gasteiger charge is -2.23. The molecule has 3 aromatic carbocycles. The van der Waals surface area contributed by atoms with E-state index in [1.807, 2.05) is 45.9 Å². The van der Waals surface area contributed by atoms with Crippen molar-refractivity contribution in [3.63, 3.8) is 0 Å². The number of benzene rings is 3. The topological polar surface area (TPSA) is 57.7 Å². The van der Waals surface area contributed by atoms with Crippen molar-refractivity contribution < 1.29 is 8.78 Å². The molecule has 0 unspecified atom stereocenters. The van der Waals surface area contributed by atoms with Crippen molar-refractivity contribution in [1.29, 1.82) is 5.26 Å². The van der Waals surface area contributed by atoms with Crippen LogP contribution in [0.2, 0.25) is 0 Å². The van der Waals surface area contributed by atoms with Crippen molar-refractivity contribution in [2.45, 2.75) is 26.2 Å². The number of nitriles is 1. The predicted molar refractivity (Wildman–Crippen MR) is 124 cm³/mol. The van der Waals surface area contributed by atoms with Crippen LogP contribution in [0.15, 0.2) is 73.1 Å². The number of terminal acetylenes is 1. The molecule has 4 rings (SSSR count). The number of nitrogens with zero attached hydrogens (tertiary/aromatic N) is 5. The minimum Gasteiger partial charge on any atom is -0.312 e. The fourth-order valence-corrected chi connectivity index (χ4v) is 3.64. The lowest BCUT2D eigenvalue weighted by molar-refractivity contribution is 0.234. The second-order valence-corrected chi connectivity index (χ2v) is 7.91. The Morgan fingerprint density at radius 1 is 0.882 bits per heavy atom. The summed E-state index contributed by atoms with van der Waals surface area (Å²) in [5.41, 5.74) is 3.76. The Labute approximate surface area is 196 Å². The van der Waals surface area contributed by atoms with Gasteiger partial charge >= 0.3 is 0 Å². The highest BCUT2D eigenvalue weighted by molar-refractivity contribution is 5.34. The highest BCUT2D eigenvalue weighted by Crippen LogP contribution is 2.18. The molecular weight excluding hydrogens is 432 g/mol. The van der Waals surface area contributed by atoms with Crippen LogP contribution in [0, 0.1) is 35.3 Å². The van der Waals surface area contributed by atoms with Crippen molar-refractivity contribution in [2.75, 3.05) is 0 Å². The fraction of sp³-hybridized carbons (Fsp3) is 0.148. The van der Waals surface area contributed by atoms with Gasteiger partial charge in [0.05, 0.1) is 24.7 Å². The number of aromatic nitrogens is 3. The molecule has 1 heterocycles. The molecule has 5 nitrogen and oxygen atoms in total. The Hall–Kier alpha value is -4.33. The Bertz CT molecular complexity index is 1350. The summed E-state index contributed by atoms with van der Waals surface area (Å²) in [6.45, 7) is 1.69. The fourth-order valence-electron chi connectivity index (χ4n) is 3.64. The quantitative estimate of drug-likeness (QED) is 0.364. The summed E-state index contributed by atoms with van der Waals surface area (Å²) in [5.74, 6) is 2.09. The van der Waals surface area contributed by atoms with Gasteiger partial charge in [0.25, 0.3) is 0 Å². The van der Waals surface area contributed by atoms with Crippen LogP contribution in [0.3, 0.4) is 0 Å². The number of hydrogen-bond acceptors (Lipinski definition) is 4. The highest BCUT2D eigenvalue weighted by atomic mass is 19.1. The van der Waals surface area contributed by atoms with Gasteiger partial charge in [-0.3, -0.25) is 4.90 Å². The van der Waals surface area contributed by atoms with E-state index in [9.17, 15) is 8.78 Å². The maximum absolute atomic E-state index is 14.4. The van der Waals surface area contributed by atoms with E-state index in [0.29, 0.717) is 36.6 Å². The van der Waals surface area contributed by atoms with E-state index >= 15 is 0 Å². The molecule has 0 amide bonds. The number of hydrogen-bond donors (Lipinski definition) is 0. The zero-order chi connectivity index (χ0) is 23.9. The zero-order valence-electron chi connectivity index (χ0n) is 18.3. The summed E-state index contributed by atoms with van der Waals surface area (Å²) in [6, 6.07) is 20.6. The van der Waals surface area contributed by atoms with Crippen LogP contribution in [0.25, 0.3) is 0 Å². The maximum atomic E-state index is 14.4. The van der Waals surface area contributed by atoms with E-state index in [1.54, 1.807) is 18.5 Å². The van der Waals surface area contributed by atoms with Crippen LogP contribution in [0.1, 0.15) is 33.6 Å². The molecule has 0 radical (unpaired) electrons. The molecule has 0 aliphatic heterocycles. The van der Waals surface area contributed by atoms with Gasteiger partial charge in [0, 0.05) is 30.3 Å². The molecule has 0 N–H and O–H groups in total. The first-order valence-electron chi connectivity index (χ1n) is 10.6. The molecule has 0 spiro atoms. The smallest absolute Gasteiger partial charge is 0.147 e. The monoisotopic (exact) mass is 453 g/mol. The van der Waals surface area contributed by atoms with Crippen LogP contribution in [-0.4, -0.2) is 19.7 Å². The Balaban J connectivity index is 1.56. The molecular formula is C27H21F2N5. The molecule has 0 aliphatic carbocycles. The molecule has 7 heteroatoms. The van der Waals surface area contributed by atoms with Crippen LogP contribution < -0.4 is 0 Å². The number of halogens is 2. The maximum Gasteiger partial charge on any atom is 0.147 e. The largest absolute Gasteiger partial charge is 0.312 e. The van der Waals surface area contributed by atoms with Crippen molar-refractivity contribution in [3.05, 3.63) is 118 Å². The van der Waals surface area contributed by atoms with E-state index in [4.69, 9.17) is 11.7 Å². The SMILES string of the molecule is C#Cc1ccc(CN(Cc2ccc(F)cc2F)Cc2nncn2Cc2ccc(C#N)cc2)cc1. The van der Waals surface area contributed by atoms with Crippen molar-refractivity contribution in [2.24, 2.45) is 0 Å². The van der Waals surface area contributed by atoms with E-state index in [2.05, 4.69) is 22.2 Å². The van der Waals surface area contributed by atoms with Gasteiger partial charge in [0.1, 0.15) is 23.8 Å². The first-order chi connectivity index (χ1) is 16.5. The van der Waals surface area contributed by atoms with Crippen molar-refractivity contribution in [1.82, 2.24) is 19.7 Å². The van der Waals surface area contributed by atoms with Crippen LogP contribution >= 0.6 is 0 Å². The minimum absolute atomic E-state index is 0.257. The lowest BCUT2D eigenvalue weighted by atomic mass is 10.1. The Kier molecular flexibility index (Phi) is 7.07. The van der Waals surface area contributed by atoms with Crippen molar-refractivity contribution >= 4 is 0 Å². The summed E-state index contributed by atoms with van der Waals surface area (Å²) < 4.78 is 29.7. The lowest BCUT2D eigenvalue weighted by Crippen LogP contribution is -2.25. The van der Waals surface area contributed by atoms with Crippen molar-refractivity contribution in [3.8, 4) is 18.4 Å². The Morgan fingerprint density at radius 3 is 2.26 bits per heavy atom. The van der Waals surface area contributed by atoms with E-state index in [1.165, 1.54) is 12.1 Å². The second kappa shape index (κ2) is 10.5. The number of rotatable bonds is 8. The minimum atomic E-state index is -0.611. The average molecular weight is 453 g/mol. The second-order valence-electron chi connectivity index (χ2n) is 7.91. The third-order valence-corrected chi connectivity index (χ3v) is 5.43. The molecule has 0 saturated heterocycles. The van der Waals surface area contributed by atoms with Gasteiger partial charge in [-0.25, -0.2) is 8.78 Å². The van der Waals surface area contributed by atoms with Gasteiger partial charge in [-0.1, -0.05) is 36.3 Å². The van der Waals surface area contributed by atoms with Crippen LogP contribution in [0.5, 0.6) is 0 Å². The first kappa shape index (κ1) is 22.8. The summed E-state index contributed by atoms with van der Waals surface area (Å²) in [6.07, 6.45) is 7.10. The standard InChI is InChI=1S/C27H21F2N5/c1-2-20-3-7-22(8-4-20)15-33(17-24-11-12-25(28)13-26(24)29)18-27-32-31-19-34(27)16-23-9-5-21(14-30)6-10-23/h1,3-13,19H,15-18H2. The predicted octanol–water partition coefficient (Wildman–Crippen LogP) is 4.66. The van der Waals surface area contributed by atoms with E-state index < -0.39 is 11.6 Å². The highest BCUT2D eigenvalue weighted by Gasteiger charge is 2.15. The van der Waals surface area contributed by atoms with Gasteiger partial charge in [-0.2, -0.15) is 5.26 Å². The van der Waals surface area contributed by atoms with E-state index in [-0.39, 0.29) is 6.54 Å². The van der Waals surface area contributed by atoms with Crippen LogP contribution in [-0.2, 0) is 26.2 Å². The molecule has 1 aromatic heterocycles. The molecule has 0 saturated carbocycles. The molecule has 0 aliphatic rings. The normalized spacial score (nSPS) is 10.7. The molecule has 0 fully saturated rings. The summed E-state index contributed by atoms with van der Waals surface area (Å²) in [4.78, 5) is 2.01. The molecule has 0 atom stereocenters.